The Morgan fingerprint density at radius 1 is 0.529 bits per heavy atom. The lowest BCUT2D eigenvalue weighted by atomic mass is 9.92. The maximum absolute atomic E-state index is 14.2. The van der Waals surface area contributed by atoms with Crippen molar-refractivity contribution in [2.24, 2.45) is 0 Å². The Bertz CT molecular complexity index is 3410. The predicted octanol–water partition coefficient (Wildman–Crippen LogP) is 15.7. The summed E-state index contributed by atoms with van der Waals surface area (Å²) in [6.45, 7) is 8.29. The van der Waals surface area contributed by atoms with E-state index in [4.69, 9.17) is 74.1 Å². The summed E-state index contributed by atoms with van der Waals surface area (Å²) in [5.74, 6) is -0.545. The molecule has 0 bridgehead atoms. The lowest BCUT2D eigenvalue weighted by Gasteiger charge is -2.29. The van der Waals surface area contributed by atoms with E-state index in [-0.39, 0.29) is 61.1 Å². The quantitative estimate of drug-likeness (QED) is 0.0178. The van der Waals surface area contributed by atoms with E-state index in [1.807, 2.05) is 6.07 Å². The molecule has 570 valence electrons. The number of para-hydroxylation sites is 1. The average Bonchev–Trinajstić information content (AvgIpc) is 1.56. The van der Waals surface area contributed by atoms with Crippen LogP contribution in [-0.4, -0.2) is 140 Å². The van der Waals surface area contributed by atoms with Crippen molar-refractivity contribution in [3.8, 4) is 17.9 Å². The van der Waals surface area contributed by atoms with Crippen molar-refractivity contribution in [2.75, 3.05) is 64.3 Å². The van der Waals surface area contributed by atoms with Crippen LogP contribution < -0.4 is 16.0 Å². The summed E-state index contributed by atoms with van der Waals surface area (Å²) >= 11 is 6.35. The van der Waals surface area contributed by atoms with Crippen molar-refractivity contribution in [2.45, 2.75) is 287 Å². The summed E-state index contributed by atoms with van der Waals surface area (Å²) in [4.78, 5) is 18.0. The molecule has 3 aliphatic rings. The fourth-order valence-electron chi connectivity index (χ4n) is 13.2. The third-order valence-electron chi connectivity index (χ3n) is 18.8. The van der Waals surface area contributed by atoms with Crippen LogP contribution in [0, 0.1) is 22.7 Å². The van der Waals surface area contributed by atoms with E-state index in [0.717, 1.165) is 25.7 Å². The van der Waals surface area contributed by atoms with E-state index in [1.165, 1.54) is 208 Å². The van der Waals surface area contributed by atoms with Crippen molar-refractivity contribution < 1.29 is 75.3 Å². The molecule has 0 radical (unpaired) electrons. The Balaban J connectivity index is 0.000000292. The molecule has 2 unspecified atom stereocenters. The van der Waals surface area contributed by atoms with Crippen molar-refractivity contribution in [3.63, 3.8) is 0 Å². The number of unbranched alkanes of at least 4 members (excludes halogenated alkanes) is 30. The van der Waals surface area contributed by atoms with Crippen LogP contribution in [-0.2, 0) is 66.8 Å². The first-order chi connectivity index (χ1) is 49.4. The highest BCUT2D eigenvalue weighted by Gasteiger charge is 2.66. The number of hydrogen-bond acceptors (Lipinski definition) is 23. The molecular formula is C73H115ClN10O16P2. The van der Waals surface area contributed by atoms with E-state index in [1.54, 1.807) is 56.3 Å². The van der Waals surface area contributed by atoms with Gasteiger partial charge in [-0.25, -0.2) is 28.1 Å². The molecule has 0 aliphatic carbocycles. The first-order valence-corrected chi connectivity index (χ1v) is 40.9. The van der Waals surface area contributed by atoms with Crippen LogP contribution in [0.15, 0.2) is 61.2 Å². The average molecular weight is 1490 g/mol. The smallest absolute Gasteiger partial charge is 0.402 e. The monoisotopic (exact) mass is 1480 g/mol. The summed E-state index contributed by atoms with van der Waals surface area (Å²) in [5, 5.41) is 50.6. The number of phosphoric ester groups is 2. The second-order valence-corrected chi connectivity index (χ2v) is 30.8. The summed E-state index contributed by atoms with van der Waals surface area (Å²) in [6, 6.07) is 17.2. The van der Waals surface area contributed by atoms with E-state index in [0.29, 0.717) is 29.9 Å². The molecule has 3 aliphatic heterocycles. The Hall–Kier alpha value is -4.93. The van der Waals surface area contributed by atoms with Gasteiger partial charge in [-0.1, -0.05) is 230 Å². The zero-order valence-corrected chi connectivity index (χ0v) is 63.2. The van der Waals surface area contributed by atoms with Gasteiger partial charge in [-0.3, -0.25) is 18.1 Å². The van der Waals surface area contributed by atoms with E-state index >= 15 is 0 Å². The number of aliphatic hydroxyl groups is 2. The SMILES string of the molecule is CCCCCCCCCCCCCCCCCCOCCOP(=O)(O)OC[C@H]1O[C@@](C#N)(c2ccc3c(N)ncnn23)[C@H](O)[C@@H]1O.CCCCCCCCCCCCCCCCCCOCCOP(=O)(OC[C@H]1O[C@@](C#N)(c2ccc3c(N)ncnn23)[C@@H]2OC(C)(C)O[C@@H]21)Oc1ccccc1Cl. The van der Waals surface area contributed by atoms with E-state index in [2.05, 4.69) is 40.1 Å². The van der Waals surface area contributed by atoms with Gasteiger partial charge in [0.25, 0.3) is 0 Å². The molecule has 10 atom stereocenters. The van der Waals surface area contributed by atoms with Crippen LogP contribution in [0.5, 0.6) is 5.75 Å². The number of benzene rings is 1. The molecule has 8 rings (SSSR count). The van der Waals surface area contributed by atoms with Crippen molar-refractivity contribution >= 4 is 49.9 Å². The summed E-state index contributed by atoms with van der Waals surface area (Å²) in [7, 11) is -8.82. The van der Waals surface area contributed by atoms with Gasteiger partial charge in [0.05, 0.1) is 56.1 Å². The number of nitriles is 2. The number of fused-ring (bicyclic) bond motifs is 3. The number of hydrogen-bond donors (Lipinski definition) is 5. The number of rotatable bonds is 52. The van der Waals surface area contributed by atoms with Gasteiger partial charge in [0.1, 0.15) is 78.2 Å². The van der Waals surface area contributed by atoms with Crippen LogP contribution in [0.25, 0.3) is 11.0 Å². The van der Waals surface area contributed by atoms with Gasteiger partial charge in [-0.15, -0.1) is 0 Å². The third kappa shape index (κ3) is 25.7. The van der Waals surface area contributed by atoms with Crippen molar-refractivity contribution in [1.82, 2.24) is 29.2 Å². The molecule has 0 spiro atoms. The third-order valence-corrected chi connectivity index (χ3v) is 21.5. The Labute approximate surface area is 608 Å². The zero-order valence-electron chi connectivity index (χ0n) is 60.7. The zero-order chi connectivity index (χ0) is 73.1. The summed E-state index contributed by atoms with van der Waals surface area (Å²) in [6.07, 6.45) is 36.9. The molecule has 3 fully saturated rings. The lowest BCUT2D eigenvalue weighted by molar-refractivity contribution is -0.204. The Kier molecular flexibility index (Phi) is 36.6. The summed E-state index contributed by atoms with van der Waals surface area (Å²) < 4.78 is 92.7. The van der Waals surface area contributed by atoms with Crippen LogP contribution in [0.1, 0.15) is 245 Å². The van der Waals surface area contributed by atoms with E-state index < -0.39 is 75.9 Å². The molecule has 7 heterocycles. The number of halogens is 1. The molecule has 4 aromatic heterocycles. The minimum Gasteiger partial charge on any atom is -0.402 e. The van der Waals surface area contributed by atoms with Crippen molar-refractivity contribution in [3.05, 3.63) is 77.6 Å². The molecular weight excluding hydrogens is 1370 g/mol. The Morgan fingerprint density at radius 3 is 1.41 bits per heavy atom. The highest BCUT2D eigenvalue weighted by molar-refractivity contribution is 7.49. The molecule has 5 aromatic rings. The molecule has 0 amide bonds. The topological polar surface area (TPSA) is 356 Å². The minimum atomic E-state index is -4.52. The number of phosphoric acid groups is 2. The van der Waals surface area contributed by atoms with Crippen LogP contribution >= 0.6 is 27.2 Å². The number of ether oxygens (including phenoxy) is 6. The minimum absolute atomic E-state index is 0.0514. The van der Waals surface area contributed by atoms with Gasteiger partial charge in [0.15, 0.2) is 17.4 Å². The molecule has 7 N–H and O–H groups in total. The number of nitrogen functional groups attached to an aromatic ring is 2. The van der Waals surface area contributed by atoms with Crippen molar-refractivity contribution in [1.29, 1.82) is 10.5 Å². The van der Waals surface area contributed by atoms with Crippen LogP contribution in [0.2, 0.25) is 5.02 Å². The maximum atomic E-state index is 14.2. The van der Waals surface area contributed by atoms with Gasteiger partial charge in [-0.05, 0) is 63.1 Å². The lowest BCUT2D eigenvalue weighted by Crippen LogP contribution is -2.41. The summed E-state index contributed by atoms with van der Waals surface area (Å²) in [5.41, 5.74) is 9.57. The second kappa shape index (κ2) is 44.3. The molecule has 26 nitrogen and oxygen atoms in total. The number of aliphatic hydroxyl groups excluding tert-OH is 2. The molecule has 29 heteroatoms. The normalized spacial score (nSPS) is 22.6. The molecule has 102 heavy (non-hydrogen) atoms. The fourth-order valence-corrected chi connectivity index (χ4v) is 15.4. The predicted molar refractivity (Wildman–Crippen MR) is 389 cm³/mol. The maximum Gasteiger partial charge on any atom is 0.530 e. The van der Waals surface area contributed by atoms with Gasteiger partial charge in [0.2, 0.25) is 11.2 Å². The largest absolute Gasteiger partial charge is 0.530 e. The first kappa shape index (κ1) is 84.3. The fraction of sp³-hybridized carbons (Fsp3) is 0.726. The highest BCUT2D eigenvalue weighted by Crippen LogP contribution is 2.54. The molecule has 0 saturated carbocycles. The van der Waals surface area contributed by atoms with E-state index in [9.17, 15) is 34.8 Å². The number of anilines is 2. The number of nitrogens with zero attached hydrogens (tertiary/aromatic N) is 8. The number of aromatic nitrogens is 6. The van der Waals surface area contributed by atoms with Crippen LogP contribution in [0.3, 0.4) is 0 Å². The Morgan fingerprint density at radius 2 is 0.951 bits per heavy atom. The second-order valence-electron chi connectivity index (χ2n) is 27.3. The molecule has 3 saturated heterocycles. The van der Waals surface area contributed by atoms with Gasteiger partial charge in [0, 0.05) is 13.2 Å². The first-order valence-electron chi connectivity index (χ1n) is 37.5. The molecule has 1 aromatic carbocycles. The van der Waals surface area contributed by atoms with Gasteiger partial charge >= 0.3 is 15.6 Å². The highest BCUT2D eigenvalue weighted by atomic mass is 35.5. The van der Waals surface area contributed by atoms with Gasteiger partial charge < -0.3 is 59.5 Å². The number of nitrogens with two attached hydrogens (primary N) is 2. The standard InChI is InChI=1S/C41H61ClN5O8P.C32H54N5O8P/c1-4-5-6-7-8-9-10-11-12-13-14-15-16-17-18-21-26-49-27-28-50-56(48,55-34-23-20-19-22-32(34)42)51-29-35-37-38(54-40(2,3)53-37)41(30-43,52-35)36-25-24-33-39(44)45-31-46-47(33)36;1-2-3-4-5-6-7-8-9-10-11-12-13-14-15-16-17-20-42-21-22-43-46(40,41)44-23-27-29(38)30(39)32(24-33,45-27)28-19-18-26-31(34)35-25-36-37(26)28/h19-20,22-25,31,35,37-38H,4-18,21,26-29H2,1-3H3,(H2,44,45,46);18-19,25,27,29-30,38-39H,2-17,20-23H2,1H3,(H,40,41)(H2,34,35,36)/t35-,37-,38-,41+,56?;27-,29-,30-,32+/m11/s1. The van der Waals surface area contributed by atoms with Gasteiger partial charge in [-0.2, -0.15) is 20.7 Å². The van der Waals surface area contributed by atoms with Crippen LogP contribution in [0.4, 0.5) is 11.6 Å².